The first-order valence-electron chi connectivity index (χ1n) is 13.9. The van der Waals surface area contributed by atoms with Gasteiger partial charge < -0.3 is 24.9 Å². The SMILES string of the molecule is C[C@H](/C=C/CC(=O)N1CCC[C@H]1CO)[C@@]1(O)C(=O)N(Cc2ccc(N3CCCC3=O)cc2)c2ccc([N+](=O)[O-])cc21. The molecule has 2 aromatic rings. The number of likely N-dealkylation sites (tertiary alicyclic amines) is 1. The van der Waals surface area contributed by atoms with Gasteiger partial charge in [0.05, 0.1) is 29.8 Å². The number of rotatable bonds is 9. The summed E-state index contributed by atoms with van der Waals surface area (Å²) < 4.78 is 0. The van der Waals surface area contributed by atoms with E-state index in [1.165, 1.54) is 23.1 Å². The van der Waals surface area contributed by atoms with Crippen molar-refractivity contribution in [1.29, 1.82) is 0 Å². The lowest BCUT2D eigenvalue weighted by molar-refractivity contribution is -0.385. The van der Waals surface area contributed by atoms with E-state index in [-0.39, 0.29) is 48.7 Å². The Morgan fingerprint density at radius 2 is 1.93 bits per heavy atom. The summed E-state index contributed by atoms with van der Waals surface area (Å²) in [5.74, 6) is -1.49. The Kier molecular flexibility index (Phi) is 7.92. The summed E-state index contributed by atoms with van der Waals surface area (Å²) in [6, 6.07) is 11.1. The van der Waals surface area contributed by atoms with Crippen molar-refractivity contribution in [3.8, 4) is 0 Å². The Hall–Kier alpha value is -4.09. The predicted molar refractivity (Wildman–Crippen MR) is 151 cm³/mol. The van der Waals surface area contributed by atoms with Crippen LogP contribution in [0.5, 0.6) is 0 Å². The number of carbonyl (C=O) groups excluding carboxylic acids is 3. The van der Waals surface area contributed by atoms with Crippen molar-refractivity contribution in [3.63, 3.8) is 0 Å². The molecule has 0 saturated carbocycles. The Morgan fingerprint density at radius 3 is 2.59 bits per heavy atom. The third kappa shape index (κ3) is 5.22. The maximum absolute atomic E-state index is 13.8. The molecule has 0 aliphatic carbocycles. The van der Waals surface area contributed by atoms with Gasteiger partial charge in [0, 0.05) is 55.2 Å². The summed E-state index contributed by atoms with van der Waals surface area (Å²) in [5.41, 5.74) is -0.263. The van der Waals surface area contributed by atoms with Crippen molar-refractivity contribution >= 4 is 34.8 Å². The highest BCUT2D eigenvalue weighted by molar-refractivity contribution is 6.07. The lowest BCUT2D eigenvalue weighted by atomic mass is 9.82. The zero-order chi connectivity index (χ0) is 29.3. The molecule has 2 saturated heterocycles. The minimum absolute atomic E-state index is 0.0441. The molecular formula is C30H34N4O7. The number of aliphatic hydroxyl groups is 2. The summed E-state index contributed by atoms with van der Waals surface area (Å²) >= 11 is 0. The molecule has 5 rings (SSSR count). The second-order valence-electron chi connectivity index (χ2n) is 10.9. The monoisotopic (exact) mass is 562 g/mol. The van der Waals surface area contributed by atoms with Gasteiger partial charge in [-0.2, -0.15) is 0 Å². The van der Waals surface area contributed by atoms with Crippen molar-refractivity contribution in [2.45, 2.75) is 57.2 Å². The molecule has 216 valence electrons. The number of amides is 3. The molecule has 0 bridgehead atoms. The van der Waals surface area contributed by atoms with Crippen molar-refractivity contribution in [3.05, 3.63) is 75.9 Å². The number of nitro benzene ring substituents is 1. The number of nitrogens with zero attached hydrogens (tertiary/aromatic N) is 4. The van der Waals surface area contributed by atoms with Crippen LogP contribution < -0.4 is 9.80 Å². The first kappa shape index (κ1) is 28.4. The molecule has 2 fully saturated rings. The Balaban J connectivity index is 1.38. The minimum atomic E-state index is -2.08. The van der Waals surface area contributed by atoms with Crippen LogP contribution in [0.25, 0.3) is 0 Å². The molecule has 3 atom stereocenters. The van der Waals surface area contributed by atoms with Gasteiger partial charge >= 0.3 is 0 Å². The van der Waals surface area contributed by atoms with Crippen LogP contribution in [-0.4, -0.2) is 63.5 Å². The number of hydrogen-bond acceptors (Lipinski definition) is 7. The minimum Gasteiger partial charge on any atom is -0.394 e. The molecule has 0 aromatic heterocycles. The van der Waals surface area contributed by atoms with Crippen molar-refractivity contribution in [2.75, 3.05) is 29.5 Å². The van der Waals surface area contributed by atoms with E-state index >= 15 is 0 Å². The van der Waals surface area contributed by atoms with Gasteiger partial charge in [0.25, 0.3) is 11.6 Å². The zero-order valence-corrected chi connectivity index (χ0v) is 22.9. The normalized spacial score (nSPS) is 23.1. The molecule has 0 unspecified atom stereocenters. The average molecular weight is 563 g/mol. The molecule has 11 nitrogen and oxygen atoms in total. The van der Waals surface area contributed by atoms with Gasteiger partial charge in [-0.05, 0) is 43.0 Å². The van der Waals surface area contributed by atoms with E-state index in [9.17, 15) is 34.7 Å². The second kappa shape index (κ2) is 11.4. The molecular weight excluding hydrogens is 528 g/mol. The molecule has 3 aliphatic rings. The van der Waals surface area contributed by atoms with Crippen LogP contribution in [0, 0.1) is 16.0 Å². The second-order valence-corrected chi connectivity index (χ2v) is 10.9. The summed E-state index contributed by atoms with van der Waals surface area (Å²) in [6.07, 6.45) is 6.15. The first-order chi connectivity index (χ1) is 19.6. The number of hydrogen-bond donors (Lipinski definition) is 2. The van der Waals surface area contributed by atoms with Crippen molar-refractivity contribution in [2.24, 2.45) is 5.92 Å². The smallest absolute Gasteiger partial charge is 0.269 e. The number of carbonyl (C=O) groups is 3. The molecule has 11 heteroatoms. The third-order valence-electron chi connectivity index (χ3n) is 8.41. The lowest BCUT2D eigenvalue weighted by Gasteiger charge is -2.28. The van der Waals surface area contributed by atoms with Crippen LogP contribution >= 0.6 is 0 Å². The summed E-state index contributed by atoms with van der Waals surface area (Å²) in [7, 11) is 0. The molecule has 2 N–H and O–H groups in total. The third-order valence-corrected chi connectivity index (χ3v) is 8.41. The first-order valence-corrected chi connectivity index (χ1v) is 13.9. The highest BCUT2D eigenvalue weighted by Gasteiger charge is 2.53. The van der Waals surface area contributed by atoms with Gasteiger partial charge in [0.2, 0.25) is 11.8 Å². The fourth-order valence-electron chi connectivity index (χ4n) is 6.07. The molecule has 0 radical (unpaired) electrons. The van der Waals surface area contributed by atoms with Crippen LogP contribution in [0.15, 0.2) is 54.6 Å². The molecule has 2 aromatic carbocycles. The van der Waals surface area contributed by atoms with Crippen molar-refractivity contribution in [1.82, 2.24) is 4.90 Å². The van der Waals surface area contributed by atoms with Gasteiger partial charge in [-0.3, -0.25) is 24.5 Å². The summed E-state index contributed by atoms with van der Waals surface area (Å²) in [6.45, 7) is 2.91. The molecule has 3 aliphatic heterocycles. The topological polar surface area (TPSA) is 145 Å². The Labute approximate surface area is 237 Å². The molecule has 0 spiro atoms. The number of anilines is 2. The standard InChI is InChI=1S/C30H34N4O7/c1-20(5-2-7-27(36)32-15-3-6-24(32)19-35)30(39)25-17-23(34(40)41)13-14-26(25)33(29(30)38)18-21-9-11-22(12-10-21)31-16-4-8-28(31)37/h2,5,9-14,17,20,24,35,39H,3-4,6-8,15-16,18-19H2,1H3/b5-2+/t20-,24+,30+/m1/s1. The largest absolute Gasteiger partial charge is 0.394 e. The van der Waals surface area contributed by atoms with Crippen LogP contribution in [0.3, 0.4) is 0 Å². The van der Waals surface area contributed by atoms with Crippen LogP contribution in [0.4, 0.5) is 17.1 Å². The van der Waals surface area contributed by atoms with Gasteiger partial charge in [-0.1, -0.05) is 31.2 Å². The van der Waals surface area contributed by atoms with E-state index in [1.54, 1.807) is 28.9 Å². The Bertz CT molecular complexity index is 1390. The Morgan fingerprint density at radius 1 is 1.17 bits per heavy atom. The highest BCUT2D eigenvalue weighted by Crippen LogP contribution is 2.47. The number of non-ortho nitro benzene ring substituents is 1. The maximum Gasteiger partial charge on any atom is 0.269 e. The van der Waals surface area contributed by atoms with Crippen LogP contribution in [-0.2, 0) is 26.5 Å². The highest BCUT2D eigenvalue weighted by atomic mass is 16.6. The quantitative estimate of drug-likeness (QED) is 0.272. The van der Waals surface area contributed by atoms with Gasteiger partial charge in [0.15, 0.2) is 5.60 Å². The molecule has 3 heterocycles. The molecule has 41 heavy (non-hydrogen) atoms. The number of nitro groups is 1. The average Bonchev–Trinajstić information content (AvgIpc) is 3.68. The van der Waals surface area contributed by atoms with E-state index in [0.29, 0.717) is 25.2 Å². The fourth-order valence-corrected chi connectivity index (χ4v) is 6.07. The van der Waals surface area contributed by atoms with E-state index in [1.807, 2.05) is 24.3 Å². The zero-order valence-electron chi connectivity index (χ0n) is 22.9. The van der Waals surface area contributed by atoms with Gasteiger partial charge in [-0.15, -0.1) is 0 Å². The summed E-state index contributed by atoms with van der Waals surface area (Å²) in [4.78, 5) is 54.4. The van der Waals surface area contributed by atoms with Gasteiger partial charge in [-0.25, -0.2) is 0 Å². The lowest BCUT2D eigenvalue weighted by Crippen LogP contribution is -2.44. The number of benzene rings is 2. The fraction of sp³-hybridized carbons (Fsp3) is 0.433. The van der Waals surface area contributed by atoms with Crippen LogP contribution in [0.2, 0.25) is 0 Å². The predicted octanol–water partition coefficient (Wildman–Crippen LogP) is 3.02. The van der Waals surface area contributed by atoms with E-state index in [0.717, 1.165) is 30.5 Å². The van der Waals surface area contributed by atoms with E-state index in [4.69, 9.17) is 0 Å². The van der Waals surface area contributed by atoms with Gasteiger partial charge in [0.1, 0.15) is 0 Å². The maximum atomic E-state index is 13.8. The van der Waals surface area contributed by atoms with E-state index in [2.05, 4.69) is 0 Å². The van der Waals surface area contributed by atoms with E-state index < -0.39 is 22.3 Å². The number of fused-ring (bicyclic) bond motifs is 1. The van der Waals surface area contributed by atoms with Crippen LogP contribution in [0.1, 0.15) is 50.2 Å². The molecule has 3 amide bonds. The van der Waals surface area contributed by atoms with Crippen molar-refractivity contribution < 1.29 is 29.5 Å². The summed E-state index contributed by atoms with van der Waals surface area (Å²) in [5, 5.41) is 32.9. The number of aliphatic hydroxyl groups excluding tert-OH is 1.